The first kappa shape index (κ1) is 24.1. The molecule has 0 fully saturated rings. The third kappa shape index (κ3) is 7.25. The summed E-state index contributed by atoms with van der Waals surface area (Å²) in [5, 5.41) is 5.09. The van der Waals surface area contributed by atoms with Crippen LogP contribution in [-0.2, 0) is 19.1 Å². The van der Waals surface area contributed by atoms with Crippen LogP contribution in [0.15, 0.2) is 58.4 Å². The third-order valence-electron chi connectivity index (χ3n) is 4.42. The number of ether oxygens (including phenoxy) is 1. The smallest absolute Gasteiger partial charge is 0.330 e. The molecule has 164 valence electrons. The Morgan fingerprint density at radius 1 is 1.06 bits per heavy atom. The molecule has 0 spiro atoms. The normalized spacial score (nSPS) is 10.8. The number of thioether (sulfide) groups is 1. The summed E-state index contributed by atoms with van der Waals surface area (Å²) < 4.78 is 4.64. The van der Waals surface area contributed by atoms with Crippen molar-refractivity contribution in [3.63, 3.8) is 0 Å². The molecule has 0 radical (unpaired) electrons. The second-order valence-corrected chi connectivity index (χ2v) is 8.38. The minimum absolute atomic E-state index is 0.215. The van der Waals surface area contributed by atoms with E-state index in [1.54, 1.807) is 0 Å². The van der Waals surface area contributed by atoms with E-state index in [0.29, 0.717) is 5.75 Å². The standard InChI is InChI=1S/C23H27N3O4S/c1-23(2,22(29)30-4)26-21(28)15-25-20(27)12-13-31-19-14-17(10-11-18(19)24-3)16-8-6-5-7-9-16/h5-11,14H,3,12-13,15H2,1-2,4H3,(H,25,27)(H,26,28). The predicted octanol–water partition coefficient (Wildman–Crippen LogP) is 3.35. The van der Waals surface area contributed by atoms with E-state index >= 15 is 0 Å². The molecule has 2 rings (SSSR count). The minimum atomic E-state index is -1.16. The zero-order valence-electron chi connectivity index (χ0n) is 17.9. The van der Waals surface area contributed by atoms with Gasteiger partial charge in [0.1, 0.15) is 5.54 Å². The first-order valence-electron chi connectivity index (χ1n) is 9.72. The van der Waals surface area contributed by atoms with Crippen molar-refractivity contribution < 1.29 is 19.1 Å². The molecule has 0 saturated carbocycles. The monoisotopic (exact) mass is 441 g/mol. The maximum absolute atomic E-state index is 12.1. The Labute approximate surface area is 186 Å². The fourth-order valence-electron chi connectivity index (χ4n) is 2.79. The fourth-order valence-corrected chi connectivity index (χ4v) is 3.79. The highest BCUT2D eigenvalue weighted by Crippen LogP contribution is 2.34. The molecule has 0 atom stereocenters. The topological polar surface area (TPSA) is 96.9 Å². The third-order valence-corrected chi connectivity index (χ3v) is 5.46. The van der Waals surface area contributed by atoms with Crippen LogP contribution in [-0.4, -0.2) is 49.4 Å². The lowest BCUT2D eigenvalue weighted by molar-refractivity contribution is -0.149. The molecular formula is C23H27N3O4S. The second kappa shape index (κ2) is 11.3. The molecular weight excluding hydrogens is 414 g/mol. The number of rotatable bonds is 10. The fraction of sp³-hybridized carbons (Fsp3) is 0.304. The van der Waals surface area contributed by atoms with E-state index < -0.39 is 17.4 Å². The molecule has 0 bridgehead atoms. The Hall–Kier alpha value is -3.13. The number of benzene rings is 2. The number of hydrogen-bond donors (Lipinski definition) is 2. The van der Waals surface area contributed by atoms with Crippen molar-refractivity contribution in [1.29, 1.82) is 0 Å². The largest absolute Gasteiger partial charge is 0.467 e. The quantitative estimate of drug-likeness (QED) is 0.335. The molecule has 0 saturated heterocycles. The van der Waals surface area contributed by atoms with E-state index in [9.17, 15) is 14.4 Å². The van der Waals surface area contributed by atoms with Crippen LogP contribution in [0.3, 0.4) is 0 Å². The zero-order chi connectivity index (χ0) is 22.9. The van der Waals surface area contributed by atoms with Crippen LogP contribution in [0.25, 0.3) is 11.1 Å². The number of esters is 1. The van der Waals surface area contributed by atoms with E-state index in [1.165, 1.54) is 32.7 Å². The van der Waals surface area contributed by atoms with E-state index in [1.807, 2.05) is 48.5 Å². The maximum atomic E-state index is 12.1. The van der Waals surface area contributed by atoms with Crippen molar-refractivity contribution in [3.8, 4) is 11.1 Å². The lowest BCUT2D eigenvalue weighted by Gasteiger charge is -2.23. The van der Waals surface area contributed by atoms with Crippen molar-refractivity contribution in [2.75, 3.05) is 19.4 Å². The average molecular weight is 442 g/mol. The Bertz CT molecular complexity index is 945. The van der Waals surface area contributed by atoms with Gasteiger partial charge in [0.2, 0.25) is 11.8 Å². The molecule has 0 heterocycles. The van der Waals surface area contributed by atoms with E-state index in [2.05, 4.69) is 27.1 Å². The highest BCUT2D eigenvalue weighted by molar-refractivity contribution is 7.99. The Morgan fingerprint density at radius 2 is 1.77 bits per heavy atom. The Kier molecular flexibility index (Phi) is 8.81. The molecule has 2 N–H and O–H groups in total. The molecule has 0 aliphatic rings. The number of nitrogens with one attached hydrogen (secondary N) is 2. The van der Waals surface area contributed by atoms with E-state index in [0.717, 1.165) is 21.7 Å². The summed E-state index contributed by atoms with van der Waals surface area (Å²) in [5.41, 5.74) is 1.75. The molecule has 2 aromatic carbocycles. The molecule has 7 nitrogen and oxygen atoms in total. The van der Waals surface area contributed by atoms with Gasteiger partial charge in [0.25, 0.3) is 0 Å². The van der Waals surface area contributed by atoms with Crippen LogP contribution in [0.5, 0.6) is 0 Å². The average Bonchev–Trinajstić information content (AvgIpc) is 2.77. The summed E-state index contributed by atoms with van der Waals surface area (Å²) in [6, 6.07) is 15.9. The number of hydrogen-bond acceptors (Lipinski definition) is 6. The highest BCUT2D eigenvalue weighted by Gasteiger charge is 2.30. The van der Waals surface area contributed by atoms with Gasteiger partial charge in [-0.25, -0.2) is 4.79 Å². The first-order valence-corrected chi connectivity index (χ1v) is 10.7. The van der Waals surface area contributed by atoms with Crippen LogP contribution < -0.4 is 10.6 Å². The van der Waals surface area contributed by atoms with Crippen molar-refractivity contribution in [1.82, 2.24) is 10.6 Å². The van der Waals surface area contributed by atoms with E-state index in [-0.39, 0.29) is 18.9 Å². The van der Waals surface area contributed by atoms with Gasteiger partial charge in [-0.05, 0) is 43.8 Å². The second-order valence-electron chi connectivity index (χ2n) is 7.25. The number of carbonyl (C=O) groups excluding carboxylic acids is 3. The van der Waals surface area contributed by atoms with Crippen LogP contribution in [0, 0.1) is 0 Å². The lowest BCUT2D eigenvalue weighted by atomic mass is 10.1. The van der Waals surface area contributed by atoms with Gasteiger partial charge >= 0.3 is 5.97 Å². The molecule has 0 aliphatic carbocycles. The van der Waals surface area contributed by atoms with Crippen molar-refractivity contribution >= 4 is 42.0 Å². The Morgan fingerprint density at radius 3 is 2.42 bits per heavy atom. The predicted molar refractivity (Wildman–Crippen MR) is 124 cm³/mol. The molecule has 0 unspecified atom stereocenters. The number of carbonyl (C=O) groups is 3. The van der Waals surface area contributed by atoms with Crippen molar-refractivity contribution in [2.24, 2.45) is 4.99 Å². The van der Waals surface area contributed by atoms with Gasteiger partial charge in [-0.1, -0.05) is 36.4 Å². The van der Waals surface area contributed by atoms with Gasteiger partial charge in [0, 0.05) is 17.1 Å². The summed E-state index contributed by atoms with van der Waals surface area (Å²) in [7, 11) is 1.25. The maximum Gasteiger partial charge on any atom is 0.330 e. The first-order chi connectivity index (χ1) is 14.8. The van der Waals surface area contributed by atoms with Gasteiger partial charge < -0.3 is 15.4 Å². The SMILES string of the molecule is C=Nc1ccc(-c2ccccc2)cc1SCCC(=O)NCC(=O)NC(C)(C)C(=O)OC. The van der Waals surface area contributed by atoms with Gasteiger partial charge in [0.05, 0.1) is 19.3 Å². The summed E-state index contributed by atoms with van der Waals surface area (Å²) in [6.45, 7) is 6.46. The van der Waals surface area contributed by atoms with Gasteiger partial charge in [-0.15, -0.1) is 11.8 Å². The number of aliphatic imine (C=N–C) groups is 1. The molecule has 31 heavy (non-hydrogen) atoms. The zero-order valence-corrected chi connectivity index (χ0v) is 18.8. The number of methoxy groups -OCH3 is 1. The van der Waals surface area contributed by atoms with Gasteiger partial charge in [-0.2, -0.15) is 0 Å². The van der Waals surface area contributed by atoms with Crippen molar-refractivity contribution in [3.05, 3.63) is 48.5 Å². The van der Waals surface area contributed by atoms with Crippen LogP contribution in [0.4, 0.5) is 5.69 Å². The van der Waals surface area contributed by atoms with E-state index in [4.69, 9.17) is 0 Å². The molecule has 0 aromatic heterocycles. The summed E-state index contributed by atoms with van der Waals surface area (Å²) in [6.07, 6.45) is 0.227. The van der Waals surface area contributed by atoms with Crippen LogP contribution >= 0.6 is 11.8 Å². The van der Waals surface area contributed by atoms with Crippen LogP contribution in [0.1, 0.15) is 20.3 Å². The summed E-state index contributed by atoms with van der Waals surface area (Å²) in [4.78, 5) is 40.7. The molecule has 2 amide bonds. The molecule has 0 aliphatic heterocycles. The minimum Gasteiger partial charge on any atom is -0.467 e. The number of nitrogens with zero attached hydrogens (tertiary/aromatic N) is 1. The van der Waals surface area contributed by atoms with Crippen molar-refractivity contribution in [2.45, 2.75) is 30.7 Å². The van der Waals surface area contributed by atoms with Gasteiger partial charge in [-0.3, -0.25) is 14.6 Å². The number of amides is 2. The lowest BCUT2D eigenvalue weighted by Crippen LogP contribution is -2.52. The van der Waals surface area contributed by atoms with Crippen LogP contribution in [0.2, 0.25) is 0 Å². The molecule has 2 aromatic rings. The summed E-state index contributed by atoms with van der Waals surface area (Å²) >= 11 is 1.50. The summed E-state index contributed by atoms with van der Waals surface area (Å²) in [5.74, 6) is -0.772. The molecule has 8 heteroatoms. The van der Waals surface area contributed by atoms with Gasteiger partial charge in [0.15, 0.2) is 0 Å². The Balaban J connectivity index is 1.86. The highest BCUT2D eigenvalue weighted by atomic mass is 32.2.